The number of aryl methyl sites for hydroxylation is 2. The van der Waals surface area contributed by atoms with Crippen LogP contribution in [0, 0.1) is 13.8 Å². The minimum absolute atomic E-state index is 0.354. The molecule has 0 spiro atoms. The fourth-order valence-corrected chi connectivity index (χ4v) is 7.04. The normalized spacial score (nSPS) is 15.6. The fraction of sp³-hybridized carbons (Fsp3) is 0.333. The lowest BCUT2D eigenvalue weighted by Gasteiger charge is -2.31. The molecule has 0 atom stereocenters. The summed E-state index contributed by atoms with van der Waals surface area (Å²) in [5, 5.41) is 1.30. The Labute approximate surface area is 209 Å². The van der Waals surface area contributed by atoms with Crippen molar-refractivity contribution in [3.63, 3.8) is 0 Å². The third kappa shape index (κ3) is 4.43. The second-order valence-electron chi connectivity index (χ2n) is 9.70. The van der Waals surface area contributed by atoms with Gasteiger partial charge in [-0.15, -0.1) is 0 Å². The Balaban J connectivity index is 1.41. The average molecular weight is 487 g/mol. The van der Waals surface area contributed by atoms with E-state index in [2.05, 4.69) is 73.9 Å². The van der Waals surface area contributed by atoms with Gasteiger partial charge in [0, 0.05) is 36.2 Å². The summed E-state index contributed by atoms with van der Waals surface area (Å²) in [4.78, 5) is 0.402. The van der Waals surface area contributed by atoms with Gasteiger partial charge in [0.25, 0.3) is 0 Å². The van der Waals surface area contributed by atoms with Crippen LogP contribution in [0.25, 0.3) is 10.9 Å². The average Bonchev–Trinajstić information content (AvgIpc) is 3.16. The van der Waals surface area contributed by atoms with E-state index >= 15 is 0 Å². The number of sulfonamides is 1. The van der Waals surface area contributed by atoms with Crippen molar-refractivity contribution < 1.29 is 8.42 Å². The maximum atomic E-state index is 13.3. The molecule has 0 radical (unpaired) electrons. The number of fused-ring (bicyclic) bond motifs is 1. The summed E-state index contributed by atoms with van der Waals surface area (Å²) in [7, 11) is -3.46. The van der Waals surface area contributed by atoms with Crippen LogP contribution in [0.5, 0.6) is 0 Å². The van der Waals surface area contributed by atoms with Crippen molar-refractivity contribution in [2.24, 2.45) is 0 Å². The van der Waals surface area contributed by atoms with Crippen LogP contribution in [0.4, 0.5) is 0 Å². The molecule has 5 heteroatoms. The highest BCUT2D eigenvalue weighted by Gasteiger charge is 2.32. The first-order chi connectivity index (χ1) is 16.9. The van der Waals surface area contributed by atoms with Crippen LogP contribution in [0.15, 0.2) is 77.7 Å². The minimum atomic E-state index is -3.46. The van der Waals surface area contributed by atoms with Crippen molar-refractivity contribution in [3.8, 4) is 0 Å². The number of hydrogen-bond acceptors (Lipinski definition) is 2. The minimum Gasteiger partial charge on any atom is -0.340 e. The van der Waals surface area contributed by atoms with Crippen LogP contribution < -0.4 is 0 Å². The van der Waals surface area contributed by atoms with Gasteiger partial charge in [0.05, 0.1) is 4.90 Å². The maximum Gasteiger partial charge on any atom is 0.243 e. The third-order valence-corrected chi connectivity index (χ3v) is 9.61. The number of hydrogen-bond donors (Lipinski definition) is 0. The predicted molar refractivity (Wildman–Crippen MR) is 144 cm³/mol. The lowest BCUT2D eigenvalue weighted by molar-refractivity contribution is 0.319. The topological polar surface area (TPSA) is 42.3 Å². The van der Waals surface area contributed by atoms with Gasteiger partial charge in [0.2, 0.25) is 10.0 Å². The first kappa shape index (κ1) is 23.8. The summed E-state index contributed by atoms with van der Waals surface area (Å²) >= 11 is 0. The zero-order valence-corrected chi connectivity index (χ0v) is 21.7. The SMILES string of the molecule is CCc1ccc(S(=O)(=O)N2CCC(c3c(C)n(Cc4ccccc4C)c4ccccc34)CC2)cc1. The summed E-state index contributed by atoms with van der Waals surface area (Å²) in [5.41, 5.74) is 7.73. The molecule has 1 aliphatic rings. The van der Waals surface area contributed by atoms with Crippen molar-refractivity contribution in [2.45, 2.75) is 57.4 Å². The number of nitrogens with zero attached hydrogens (tertiary/aromatic N) is 2. The summed E-state index contributed by atoms with van der Waals surface area (Å²) in [5.74, 6) is 0.354. The molecule has 3 aromatic carbocycles. The van der Waals surface area contributed by atoms with E-state index in [0.717, 1.165) is 31.4 Å². The van der Waals surface area contributed by atoms with Crippen LogP contribution in [0.1, 0.15) is 53.6 Å². The molecule has 1 fully saturated rings. The molecule has 2 heterocycles. The molecular formula is C30H34N2O2S. The van der Waals surface area contributed by atoms with E-state index in [9.17, 15) is 8.42 Å². The van der Waals surface area contributed by atoms with Gasteiger partial charge >= 0.3 is 0 Å². The van der Waals surface area contributed by atoms with Gasteiger partial charge in [-0.2, -0.15) is 4.31 Å². The predicted octanol–water partition coefficient (Wildman–Crippen LogP) is 6.44. The highest BCUT2D eigenvalue weighted by atomic mass is 32.2. The van der Waals surface area contributed by atoms with Crippen LogP contribution in [0.3, 0.4) is 0 Å². The van der Waals surface area contributed by atoms with Gasteiger partial charge in [-0.3, -0.25) is 0 Å². The van der Waals surface area contributed by atoms with Crippen molar-refractivity contribution >= 4 is 20.9 Å². The van der Waals surface area contributed by atoms with Crippen LogP contribution >= 0.6 is 0 Å². The van der Waals surface area contributed by atoms with Crippen molar-refractivity contribution in [1.82, 2.24) is 8.87 Å². The van der Waals surface area contributed by atoms with Gasteiger partial charge in [0.1, 0.15) is 0 Å². The molecule has 5 rings (SSSR count). The first-order valence-corrected chi connectivity index (χ1v) is 14.1. The molecule has 1 saturated heterocycles. The lowest BCUT2D eigenvalue weighted by Crippen LogP contribution is -2.38. The molecule has 182 valence electrons. The fourth-order valence-electron chi connectivity index (χ4n) is 5.57. The number of aromatic nitrogens is 1. The van der Waals surface area contributed by atoms with E-state index in [0.29, 0.717) is 23.9 Å². The highest BCUT2D eigenvalue weighted by Crippen LogP contribution is 2.38. The summed E-state index contributed by atoms with van der Waals surface area (Å²) in [6, 6.07) is 24.6. The Morgan fingerprint density at radius 2 is 1.51 bits per heavy atom. The van der Waals surface area contributed by atoms with E-state index in [4.69, 9.17) is 0 Å². The molecule has 0 amide bonds. The maximum absolute atomic E-state index is 13.3. The number of para-hydroxylation sites is 1. The van der Waals surface area contributed by atoms with Gasteiger partial charge in [-0.1, -0.05) is 61.5 Å². The Bertz CT molecular complexity index is 1440. The summed E-state index contributed by atoms with van der Waals surface area (Å²) in [6.07, 6.45) is 2.58. The van der Waals surface area contributed by atoms with E-state index in [-0.39, 0.29) is 0 Å². The standard InChI is InChI=1S/C30H34N2O2S/c1-4-24-13-15-27(16-14-24)35(33,34)31-19-17-25(18-20-31)30-23(3)32(29-12-8-7-11-28(29)30)21-26-10-6-5-9-22(26)2/h5-16,25H,4,17-21H2,1-3H3. The third-order valence-electron chi connectivity index (χ3n) is 7.70. The van der Waals surface area contributed by atoms with Crippen LogP contribution in [0.2, 0.25) is 0 Å². The Hall–Kier alpha value is -2.89. The molecule has 0 aliphatic carbocycles. The van der Waals surface area contributed by atoms with E-state index in [1.54, 1.807) is 16.4 Å². The zero-order valence-electron chi connectivity index (χ0n) is 20.9. The van der Waals surface area contributed by atoms with E-state index in [1.165, 1.54) is 33.3 Å². The second kappa shape index (κ2) is 9.63. The van der Waals surface area contributed by atoms with Gasteiger partial charge in [-0.25, -0.2) is 8.42 Å². The molecule has 0 unspecified atom stereocenters. The first-order valence-electron chi connectivity index (χ1n) is 12.6. The van der Waals surface area contributed by atoms with Gasteiger partial charge in [0.15, 0.2) is 0 Å². The molecule has 1 aliphatic heterocycles. The van der Waals surface area contributed by atoms with Crippen molar-refractivity contribution in [2.75, 3.05) is 13.1 Å². The number of benzene rings is 3. The molecule has 4 aromatic rings. The lowest BCUT2D eigenvalue weighted by atomic mass is 9.88. The van der Waals surface area contributed by atoms with Crippen molar-refractivity contribution in [3.05, 3.63) is 101 Å². The Morgan fingerprint density at radius 3 is 2.20 bits per heavy atom. The molecule has 0 saturated carbocycles. The van der Waals surface area contributed by atoms with Crippen molar-refractivity contribution in [1.29, 1.82) is 0 Å². The molecule has 35 heavy (non-hydrogen) atoms. The number of rotatable bonds is 6. The number of piperidine rings is 1. The van der Waals surface area contributed by atoms with Gasteiger partial charge in [-0.05, 0) is 79.5 Å². The van der Waals surface area contributed by atoms with Crippen LogP contribution in [-0.2, 0) is 23.0 Å². The van der Waals surface area contributed by atoms with E-state index < -0.39 is 10.0 Å². The molecule has 0 bridgehead atoms. The quantitative estimate of drug-likeness (QED) is 0.315. The van der Waals surface area contributed by atoms with Gasteiger partial charge < -0.3 is 4.57 Å². The van der Waals surface area contributed by atoms with E-state index in [1.807, 2.05) is 12.1 Å². The molecular weight excluding hydrogens is 452 g/mol. The highest BCUT2D eigenvalue weighted by molar-refractivity contribution is 7.89. The molecule has 0 N–H and O–H groups in total. The zero-order chi connectivity index (χ0) is 24.6. The summed E-state index contributed by atoms with van der Waals surface area (Å²) < 4.78 is 30.6. The molecule has 1 aromatic heterocycles. The van der Waals surface area contributed by atoms with Crippen LogP contribution in [-0.4, -0.2) is 30.4 Å². The molecule has 4 nitrogen and oxygen atoms in total. The second-order valence-corrected chi connectivity index (χ2v) is 11.6. The summed E-state index contributed by atoms with van der Waals surface area (Å²) in [6.45, 7) is 8.43. The Morgan fingerprint density at radius 1 is 0.857 bits per heavy atom. The Kier molecular flexibility index (Phi) is 6.56. The largest absolute Gasteiger partial charge is 0.340 e. The smallest absolute Gasteiger partial charge is 0.243 e. The monoisotopic (exact) mass is 486 g/mol.